The third-order valence-corrected chi connectivity index (χ3v) is 2.18. The third kappa shape index (κ3) is 1.79. The van der Waals surface area contributed by atoms with Gasteiger partial charge in [0.2, 0.25) is 0 Å². The molecule has 0 saturated heterocycles. The average molecular weight is 219 g/mol. The summed E-state index contributed by atoms with van der Waals surface area (Å²) in [6.07, 6.45) is 1.23. The summed E-state index contributed by atoms with van der Waals surface area (Å²) in [5, 5.41) is 0. The van der Waals surface area contributed by atoms with Crippen LogP contribution in [0.2, 0.25) is 0 Å². The molecule has 2 aromatic rings. The molecule has 1 aromatic heterocycles. The van der Waals surface area contributed by atoms with E-state index in [2.05, 4.69) is 9.97 Å². The van der Waals surface area contributed by atoms with Crippen LogP contribution in [-0.2, 0) is 0 Å². The molecule has 1 heterocycles. The van der Waals surface area contributed by atoms with E-state index in [4.69, 9.17) is 10.5 Å². The molecule has 0 unspecified atom stereocenters. The number of benzene rings is 1. The van der Waals surface area contributed by atoms with Gasteiger partial charge in [-0.2, -0.15) is 0 Å². The number of hydrogen-bond acceptors (Lipinski definition) is 4. The Bertz CT molecular complexity index is 499. The topological polar surface area (TPSA) is 61.0 Å². The van der Waals surface area contributed by atoms with E-state index in [0.717, 1.165) is 0 Å². The lowest BCUT2D eigenvalue weighted by Crippen LogP contribution is -1.99. The Labute approximate surface area is 91.9 Å². The van der Waals surface area contributed by atoms with Crippen LogP contribution in [0.15, 0.2) is 30.6 Å². The maximum atomic E-state index is 13.6. The van der Waals surface area contributed by atoms with Crippen LogP contribution in [0, 0.1) is 5.82 Å². The highest BCUT2D eigenvalue weighted by Gasteiger charge is 2.10. The lowest BCUT2D eigenvalue weighted by Gasteiger charge is -2.04. The van der Waals surface area contributed by atoms with E-state index in [9.17, 15) is 4.39 Å². The normalized spacial score (nSPS) is 10.1. The molecule has 0 aliphatic carbocycles. The largest absolute Gasteiger partial charge is 0.497 e. The molecule has 5 heteroatoms. The molecule has 0 aliphatic heterocycles. The van der Waals surface area contributed by atoms with Crippen molar-refractivity contribution in [2.45, 2.75) is 0 Å². The molecule has 0 aliphatic rings. The van der Waals surface area contributed by atoms with Gasteiger partial charge in [-0.15, -0.1) is 0 Å². The van der Waals surface area contributed by atoms with Crippen molar-refractivity contribution in [3.05, 3.63) is 36.4 Å². The van der Waals surface area contributed by atoms with E-state index in [1.165, 1.54) is 6.33 Å². The molecule has 0 fully saturated rings. The Hall–Kier alpha value is -2.17. The lowest BCUT2D eigenvalue weighted by molar-refractivity contribution is 0.415. The molecule has 2 N–H and O–H groups in total. The number of anilines is 1. The predicted octanol–water partition coefficient (Wildman–Crippen LogP) is 1.87. The van der Waals surface area contributed by atoms with Crippen LogP contribution >= 0.6 is 0 Å². The fraction of sp³-hybridized carbons (Fsp3) is 0.0909. The van der Waals surface area contributed by atoms with E-state index < -0.39 is 5.82 Å². The van der Waals surface area contributed by atoms with Gasteiger partial charge in [0.25, 0.3) is 0 Å². The minimum Gasteiger partial charge on any atom is -0.497 e. The Morgan fingerprint density at radius 2 is 1.88 bits per heavy atom. The van der Waals surface area contributed by atoms with Crippen LogP contribution in [0.4, 0.5) is 10.2 Å². The minimum absolute atomic E-state index is 0.152. The molecule has 0 saturated carbocycles. The summed E-state index contributed by atoms with van der Waals surface area (Å²) in [5.41, 5.74) is 6.19. The van der Waals surface area contributed by atoms with E-state index in [1.54, 1.807) is 31.4 Å². The summed E-state index contributed by atoms with van der Waals surface area (Å²) in [6, 6.07) is 6.88. The van der Waals surface area contributed by atoms with Crippen LogP contribution in [-0.4, -0.2) is 17.1 Å². The molecule has 2 rings (SSSR count). The fourth-order valence-electron chi connectivity index (χ4n) is 1.33. The van der Waals surface area contributed by atoms with Crippen molar-refractivity contribution in [2.24, 2.45) is 0 Å². The second kappa shape index (κ2) is 4.14. The van der Waals surface area contributed by atoms with Gasteiger partial charge in [-0.3, -0.25) is 0 Å². The monoisotopic (exact) mass is 219 g/mol. The van der Waals surface area contributed by atoms with E-state index in [0.29, 0.717) is 11.3 Å². The standard InChI is InChI=1S/C11H10FN3O/c1-16-8-4-2-7(3-5-8)10-9(12)11(13)15-6-14-10/h2-6H,1H3,(H2,13,14,15). The number of nitrogens with two attached hydrogens (primary N) is 1. The quantitative estimate of drug-likeness (QED) is 0.837. The highest BCUT2D eigenvalue weighted by Crippen LogP contribution is 2.24. The van der Waals surface area contributed by atoms with Crippen LogP contribution in [0.5, 0.6) is 5.75 Å². The minimum atomic E-state index is -0.604. The number of halogens is 1. The molecule has 0 amide bonds. The van der Waals surface area contributed by atoms with Crippen molar-refractivity contribution in [3.8, 4) is 17.0 Å². The number of nitrogen functional groups attached to an aromatic ring is 1. The number of ether oxygens (including phenoxy) is 1. The van der Waals surface area contributed by atoms with Gasteiger partial charge in [0.15, 0.2) is 11.6 Å². The van der Waals surface area contributed by atoms with Crippen molar-refractivity contribution in [1.82, 2.24) is 9.97 Å². The van der Waals surface area contributed by atoms with Gasteiger partial charge in [-0.25, -0.2) is 14.4 Å². The van der Waals surface area contributed by atoms with Gasteiger partial charge in [-0.1, -0.05) is 0 Å². The number of nitrogens with zero attached hydrogens (tertiary/aromatic N) is 2. The number of methoxy groups -OCH3 is 1. The highest BCUT2D eigenvalue weighted by atomic mass is 19.1. The Kier molecular flexibility index (Phi) is 2.68. The van der Waals surface area contributed by atoms with Crippen LogP contribution in [0.3, 0.4) is 0 Å². The number of rotatable bonds is 2. The summed E-state index contributed by atoms with van der Waals surface area (Å²) in [7, 11) is 1.57. The maximum Gasteiger partial charge on any atom is 0.191 e. The number of aromatic nitrogens is 2. The summed E-state index contributed by atoms with van der Waals surface area (Å²) in [5.74, 6) is -0.0559. The molecule has 82 valence electrons. The van der Waals surface area contributed by atoms with Crippen molar-refractivity contribution >= 4 is 5.82 Å². The van der Waals surface area contributed by atoms with Gasteiger partial charge < -0.3 is 10.5 Å². The third-order valence-electron chi connectivity index (χ3n) is 2.18. The van der Waals surface area contributed by atoms with Crippen molar-refractivity contribution in [2.75, 3.05) is 12.8 Å². The van der Waals surface area contributed by atoms with Crippen molar-refractivity contribution < 1.29 is 9.13 Å². The fourth-order valence-corrected chi connectivity index (χ4v) is 1.33. The zero-order chi connectivity index (χ0) is 11.5. The average Bonchev–Trinajstić information content (AvgIpc) is 2.33. The summed E-state index contributed by atoms with van der Waals surface area (Å²) in [4.78, 5) is 7.42. The van der Waals surface area contributed by atoms with Crippen molar-refractivity contribution in [3.63, 3.8) is 0 Å². The predicted molar refractivity (Wildman–Crippen MR) is 58.4 cm³/mol. The smallest absolute Gasteiger partial charge is 0.191 e. The molecule has 1 aromatic carbocycles. The van der Waals surface area contributed by atoms with Crippen LogP contribution in [0.1, 0.15) is 0 Å². The van der Waals surface area contributed by atoms with E-state index in [-0.39, 0.29) is 11.5 Å². The maximum absolute atomic E-state index is 13.6. The van der Waals surface area contributed by atoms with E-state index in [1.807, 2.05) is 0 Å². The molecule has 4 nitrogen and oxygen atoms in total. The lowest BCUT2D eigenvalue weighted by atomic mass is 10.1. The van der Waals surface area contributed by atoms with Crippen molar-refractivity contribution in [1.29, 1.82) is 0 Å². The molecular weight excluding hydrogens is 209 g/mol. The second-order valence-corrected chi connectivity index (χ2v) is 3.15. The number of hydrogen-bond donors (Lipinski definition) is 1. The van der Waals surface area contributed by atoms with Crippen LogP contribution in [0.25, 0.3) is 11.3 Å². The molecular formula is C11H10FN3O. The molecule has 16 heavy (non-hydrogen) atoms. The van der Waals surface area contributed by atoms with Gasteiger partial charge in [-0.05, 0) is 24.3 Å². The first kappa shape index (κ1) is 10.4. The summed E-state index contributed by atoms with van der Waals surface area (Å²) in [6.45, 7) is 0. The van der Waals surface area contributed by atoms with E-state index >= 15 is 0 Å². The van der Waals surface area contributed by atoms with Gasteiger partial charge in [0.1, 0.15) is 17.8 Å². The summed E-state index contributed by atoms with van der Waals surface area (Å²) >= 11 is 0. The Morgan fingerprint density at radius 1 is 1.19 bits per heavy atom. The SMILES string of the molecule is COc1ccc(-c2ncnc(N)c2F)cc1. The Morgan fingerprint density at radius 3 is 2.50 bits per heavy atom. The summed E-state index contributed by atoms with van der Waals surface area (Å²) < 4.78 is 18.6. The molecule has 0 atom stereocenters. The Balaban J connectivity index is 2.46. The highest BCUT2D eigenvalue weighted by molar-refractivity contribution is 5.63. The zero-order valence-corrected chi connectivity index (χ0v) is 8.64. The first-order valence-corrected chi connectivity index (χ1v) is 4.63. The van der Waals surface area contributed by atoms with Gasteiger partial charge in [0.05, 0.1) is 7.11 Å². The second-order valence-electron chi connectivity index (χ2n) is 3.15. The van der Waals surface area contributed by atoms with Gasteiger partial charge >= 0.3 is 0 Å². The van der Waals surface area contributed by atoms with Gasteiger partial charge in [0, 0.05) is 5.56 Å². The van der Waals surface area contributed by atoms with Crippen LogP contribution < -0.4 is 10.5 Å². The molecule has 0 radical (unpaired) electrons. The first-order chi connectivity index (χ1) is 7.72. The molecule has 0 spiro atoms. The zero-order valence-electron chi connectivity index (χ0n) is 8.64. The molecule has 0 bridgehead atoms. The first-order valence-electron chi connectivity index (χ1n) is 4.63.